The van der Waals surface area contributed by atoms with Crippen LogP contribution in [0.3, 0.4) is 0 Å². The van der Waals surface area contributed by atoms with E-state index < -0.39 is 11.8 Å². The number of methoxy groups -OCH3 is 1. The van der Waals surface area contributed by atoms with Gasteiger partial charge in [0.15, 0.2) is 0 Å². The summed E-state index contributed by atoms with van der Waals surface area (Å²) in [5.74, 6) is -0.892. The normalized spacial score (nSPS) is 15.5. The summed E-state index contributed by atoms with van der Waals surface area (Å²) in [6.45, 7) is 4.04. The SMILES string of the molecule is COCCCCCNC(=O)C(=O)N1CCNCC1. The average molecular weight is 257 g/mol. The first-order chi connectivity index (χ1) is 8.75. The van der Waals surface area contributed by atoms with Crippen molar-refractivity contribution >= 4 is 11.8 Å². The lowest BCUT2D eigenvalue weighted by Gasteiger charge is -2.26. The predicted octanol–water partition coefficient (Wildman–Crippen LogP) is -0.649. The lowest BCUT2D eigenvalue weighted by Crippen LogP contribution is -2.51. The van der Waals surface area contributed by atoms with Crippen LogP contribution >= 0.6 is 0 Å². The largest absolute Gasteiger partial charge is 0.385 e. The van der Waals surface area contributed by atoms with Crippen molar-refractivity contribution < 1.29 is 14.3 Å². The number of ether oxygens (including phenoxy) is 1. The van der Waals surface area contributed by atoms with Gasteiger partial charge in [0.25, 0.3) is 0 Å². The van der Waals surface area contributed by atoms with E-state index >= 15 is 0 Å². The fourth-order valence-corrected chi connectivity index (χ4v) is 1.84. The van der Waals surface area contributed by atoms with Gasteiger partial charge in [0, 0.05) is 46.4 Å². The van der Waals surface area contributed by atoms with E-state index in [2.05, 4.69) is 10.6 Å². The summed E-state index contributed by atoms with van der Waals surface area (Å²) in [5.41, 5.74) is 0. The number of hydrogen-bond acceptors (Lipinski definition) is 4. The Hall–Kier alpha value is -1.14. The number of unbranched alkanes of at least 4 members (excludes halogenated alkanes) is 2. The Balaban J connectivity index is 2.09. The van der Waals surface area contributed by atoms with E-state index in [4.69, 9.17) is 4.74 Å². The molecule has 0 spiro atoms. The van der Waals surface area contributed by atoms with Crippen molar-refractivity contribution in [3.63, 3.8) is 0 Å². The second-order valence-corrected chi connectivity index (χ2v) is 4.35. The van der Waals surface area contributed by atoms with Gasteiger partial charge in [0.2, 0.25) is 0 Å². The third-order valence-corrected chi connectivity index (χ3v) is 2.91. The molecule has 6 heteroatoms. The summed E-state index contributed by atoms with van der Waals surface area (Å²) < 4.78 is 4.93. The number of hydrogen-bond donors (Lipinski definition) is 2. The number of rotatable bonds is 6. The fourth-order valence-electron chi connectivity index (χ4n) is 1.84. The third-order valence-electron chi connectivity index (χ3n) is 2.91. The maximum Gasteiger partial charge on any atom is 0.311 e. The van der Waals surface area contributed by atoms with E-state index in [0.717, 1.165) is 39.0 Å². The summed E-state index contributed by atoms with van der Waals surface area (Å²) in [6, 6.07) is 0. The summed E-state index contributed by atoms with van der Waals surface area (Å²) in [6.07, 6.45) is 2.86. The van der Waals surface area contributed by atoms with Crippen molar-refractivity contribution in [1.29, 1.82) is 0 Å². The monoisotopic (exact) mass is 257 g/mol. The molecule has 0 aromatic rings. The quantitative estimate of drug-likeness (QED) is 0.490. The maximum atomic E-state index is 11.7. The topological polar surface area (TPSA) is 70.7 Å². The zero-order valence-corrected chi connectivity index (χ0v) is 11.0. The lowest BCUT2D eigenvalue weighted by atomic mass is 10.2. The molecule has 1 fully saturated rings. The molecular weight excluding hydrogens is 234 g/mol. The van der Waals surface area contributed by atoms with Crippen molar-refractivity contribution in [2.24, 2.45) is 0 Å². The first-order valence-corrected chi connectivity index (χ1v) is 6.52. The van der Waals surface area contributed by atoms with Crippen molar-refractivity contribution in [2.75, 3.05) is 46.4 Å². The molecule has 104 valence electrons. The number of nitrogens with zero attached hydrogens (tertiary/aromatic N) is 1. The molecule has 0 aromatic carbocycles. The van der Waals surface area contributed by atoms with Crippen molar-refractivity contribution in [3.8, 4) is 0 Å². The number of amides is 2. The Morgan fingerprint density at radius 3 is 2.61 bits per heavy atom. The second-order valence-electron chi connectivity index (χ2n) is 4.35. The summed E-state index contributed by atoms with van der Waals surface area (Å²) in [5, 5.41) is 5.81. The Morgan fingerprint density at radius 1 is 1.22 bits per heavy atom. The van der Waals surface area contributed by atoms with Gasteiger partial charge in [-0.25, -0.2) is 0 Å². The van der Waals surface area contributed by atoms with Crippen molar-refractivity contribution in [2.45, 2.75) is 19.3 Å². The Morgan fingerprint density at radius 2 is 1.94 bits per heavy atom. The van der Waals surface area contributed by atoms with Gasteiger partial charge in [-0.15, -0.1) is 0 Å². The van der Waals surface area contributed by atoms with E-state index in [-0.39, 0.29) is 0 Å². The molecule has 6 nitrogen and oxygen atoms in total. The Bertz CT molecular complexity index is 265. The van der Waals surface area contributed by atoms with Gasteiger partial charge in [0.1, 0.15) is 0 Å². The van der Waals surface area contributed by atoms with Gasteiger partial charge in [-0.1, -0.05) is 0 Å². The van der Waals surface area contributed by atoms with Crippen LogP contribution in [0, 0.1) is 0 Å². The lowest BCUT2D eigenvalue weighted by molar-refractivity contribution is -0.146. The van der Waals surface area contributed by atoms with Gasteiger partial charge in [-0.3, -0.25) is 9.59 Å². The standard InChI is InChI=1S/C12H23N3O3/c1-18-10-4-2-3-5-14-11(16)12(17)15-8-6-13-7-9-15/h13H,2-10H2,1H3,(H,14,16). The molecule has 1 aliphatic heterocycles. The van der Waals surface area contributed by atoms with Crippen LogP contribution in [0.15, 0.2) is 0 Å². The van der Waals surface area contributed by atoms with Gasteiger partial charge in [0.05, 0.1) is 0 Å². The van der Waals surface area contributed by atoms with Gasteiger partial charge in [-0.05, 0) is 19.3 Å². The first-order valence-electron chi connectivity index (χ1n) is 6.52. The van der Waals surface area contributed by atoms with Gasteiger partial charge in [-0.2, -0.15) is 0 Å². The molecule has 1 saturated heterocycles. The zero-order valence-electron chi connectivity index (χ0n) is 11.0. The molecule has 0 aromatic heterocycles. The van der Waals surface area contributed by atoms with Crippen LogP contribution in [-0.2, 0) is 14.3 Å². The van der Waals surface area contributed by atoms with Crippen LogP contribution in [0.25, 0.3) is 0 Å². The highest BCUT2D eigenvalue weighted by Crippen LogP contribution is 1.96. The van der Waals surface area contributed by atoms with E-state index in [0.29, 0.717) is 19.6 Å². The van der Waals surface area contributed by atoms with Crippen LogP contribution in [-0.4, -0.2) is 63.2 Å². The Kier molecular flexibility index (Phi) is 7.36. The summed E-state index contributed by atoms with van der Waals surface area (Å²) in [7, 11) is 1.67. The van der Waals surface area contributed by atoms with Crippen molar-refractivity contribution in [3.05, 3.63) is 0 Å². The molecule has 0 atom stereocenters. The molecule has 1 rings (SSSR count). The number of nitrogens with one attached hydrogen (secondary N) is 2. The zero-order chi connectivity index (χ0) is 13.2. The number of piperazine rings is 1. The number of carbonyl (C=O) groups is 2. The van der Waals surface area contributed by atoms with Crippen LogP contribution in [0.5, 0.6) is 0 Å². The van der Waals surface area contributed by atoms with Crippen LogP contribution < -0.4 is 10.6 Å². The highest BCUT2D eigenvalue weighted by Gasteiger charge is 2.22. The highest BCUT2D eigenvalue weighted by atomic mass is 16.5. The third kappa shape index (κ3) is 5.46. The van der Waals surface area contributed by atoms with E-state index in [1.54, 1.807) is 12.0 Å². The number of carbonyl (C=O) groups excluding carboxylic acids is 2. The molecule has 0 bridgehead atoms. The van der Waals surface area contributed by atoms with E-state index in [1.165, 1.54) is 0 Å². The molecule has 2 N–H and O–H groups in total. The minimum atomic E-state index is -0.483. The molecule has 1 heterocycles. The minimum absolute atomic E-state index is 0.409. The molecular formula is C12H23N3O3. The first kappa shape index (κ1) is 14.9. The molecule has 0 radical (unpaired) electrons. The van der Waals surface area contributed by atoms with Crippen LogP contribution in [0.1, 0.15) is 19.3 Å². The minimum Gasteiger partial charge on any atom is -0.385 e. The van der Waals surface area contributed by atoms with E-state index in [1.807, 2.05) is 0 Å². The van der Waals surface area contributed by atoms with Crippen LogP contribution in [0.4, 0.5) is 0 Å². The Labute approximate surface area is 108 Å². The van der Waals surface area contributed by atoms with Crippen LogP contribution in [0.2, 0.25) is 0 Å². The molecule has 18 heavy (non-hydrogen) atoms. The molecule has 2 amide bonds. The fraction of sp³-hybridized carbons (Fsp3) is 0.833. The highest BCUT2D eigenvalue weighted by molar-refractivity contribution is 6.35. The second kappa shape index (κ2) is 8.88. The van der Waals surface area contributed by atoms with E-state index in [9.17, 15) is 9.59 Å². The molecule has 0 aliphatic carbocycles. The molecule has 0 saturated carbocycles. The average Bonchev–Trinajstić information content (AvgIpc) is 2.42. The maximum absolute atomic E-state index is 11.7. The summed E-state index contributed by atoms with van der Waals surface area (Å²) >= 11 is 0. The van der Waals surface area contributed by atoms with Crippen molar-refractivity contribution in [1.82, 2.24) is 15.5 Å². The molecule has 0 unspecified atom stereocenters. The molecule has 1 aliphatic rings. The smallest absolute Gasteiger partial charge is 0.311 e. The van der Waals surface area contributed by atoms with Gasteiger partial charge >= 0.3 is 11.8 Å². The van der Waals surface area contributed by atoms with Gasteiger partial charge < -0.3 is 20.3 Å². The predicted molar refractivity (Wildman–Crippen MR) is 68.2 cm³/mol. The summed E-state index contributed by atoms with van der Waals surface area (Å²) in [4.78, 5) is 24.9.